The first kappa shape index (κ1) is 16.2. The van der Waals surface area contributed by atoms with Crippen LogP contribution in [0.4, 0.5) is 13.2 Å². The second-order valence-electron chi connectivity index (χ2n) is 3.72. The van der Waals surface area contributed by atoms with Crippen molar-refractivity contribution in [1.29, 1.82) is 0 Å². The summed E-state index contributed by atoms with van der Waals surface area (Å²) in [7, 11) is -2.57. The van der Waals surface area contributed by atoms with Crippen molar-refractivity contribution in [2.24, 2.45) is 0 Å². The van der Waals surface area contributed by atoms with Crippen molar-refractivity contribution in [3.63, 3.8) is 0 Å². The Bertz CT molecular complexity index is 546. The van der Waals surface area contributed by atoms with Crippen molar-refractivity contribution >= 4 is 21.6 Å². The molecule has 0 saturated heterocycles. The Kier molecular flexibility index (Phi) is 5.19. The molecule has 1 rings (SSSR count). The molecule has 0 aliphatic carbocycles. The monoisotopic (exact) mass is 316 g/mol. The van der Waals surface area contributed by atoms with Crippen molar-refractivity contribution < 1.29 is 21.6 Å². The smallest absolute Gasteiger partial charge is 0.316 e. The number of nitrogens with one attached hydrogen (secondary N) is 2. The summed E-state index contributed by atoms with van der Waals surface area (Å²) < 4.78 is 60.9. The molecule has 0 aliphatic heterocycles. The molecule has 0 aliphatic rings. The molecule has 0 spiro atoms. The Morgan fingerprint density at radius 3 is 2.47 bits per heavy atom. The molecule has 0 heterocycles. The molecule has 0 fully saturated rings. The predicted octanol–water partition coefficient (Wildman–Crippen LogP) is 1.90. The van der Waals surface area contributed by atoms with E-state index in [0.29, 0.717) is 17.1 Å². The van der Waals surface area contributed by atoms with Crippen LogP contribution in [-0.2, 0) is 16.6 Å². The number of halogens is 4. The Morgan fingerprint density at radius 2 is 1.95 bits per heavy atom. The first-order valence-electron chi connectivity index (χ1n) is 5.15. The van der Waals surface area contributed by atoms with Gasteiger partial charge in [0.25, 0.3) is 0 Å². The molecule has 19 heavy (non-hydrogen) atoms. The molecule has 0 saturated carbocycles. The quantitative estimate of drug-likeness (QED) is 0.872. The fourth-order valence-corrected chi connectivity index (χ4v) is 2.55. The number of benzene rings is 1. The molecule has 0 bridgehead atoms. The Balaban J connectivity index is 2.98. The minimum Gasteiger partial charge on any atom is -0.316 e. The largest absolute Gasteiger partial charge is 0.402 e. The Hall–Kier alpha value is -0.830. The van der Waals surface area contributed by atoms with E-state index in [0.717, 1.165) is 6.07 Å². The van der Waals surface area contributed by atoms with Gasteiger partial charge in [0.15, 0.2) is 0 Å². The van der Waals surface area contributed by atoms with E-state index in [1.54, 1.807) is 7.05 Å². The highest BCUT2D eigenvalue weighted by Crippen LogP contribution is 2.21. The highest BCUT2D eigenvalue weighted by molar-refractivity contribution is 7.89. The fourth-order valence-electron chi connectivity index (χ4n) is 1.30. The highest BCUT2D eigenvalue weighted by Gasteiger charge is 2.30. The topological polar surface area (TPSA) is 58.2 Å². The minimum absolute atomic E-state index is 0.258. The molecule has 4 nitrogen and oxygen atoms in total. The van der Waals surface area contributed by atoms with Crippen LogP contribution in [0.15, 0.2) is 23.1 Å². The minimum atomic E-state index is -4.60. The van der Waals surface area contributed by atoms with E-state index in [-0.39, 0.29) is 4.90 Å². The Morgan fingerprint density at radius 1 is 1.32 bits per heavy atom. The molecule has 108 valence electrons. The number of alkyl halides is 3. The first-order valence-corrected chi connectivity index (χ1v) is 7.01. The summed E-state index contributed by atoms with van der Waals surface area (Å²) in [4.78, 5) is -0.258. The van der Waals surface area contributed by atoms with E-state index in [9.17, 15) is 21.6 Å². The molecule has 0 aromatic heterocycles. The van der Waals surface area contributed by atoms with Gasteiger partial charge in [0.2, 0.25) is 10.0 Å². The SMILES string of the molecule is CNCc1cc(S(=O)(=O)NCC(F)(F)F)ccc1Cl. The van der Waals surface area contributed by atoms with Gasteiger partial charge in [0.05, 0.1) is 4.90 Å². The normalized spacial score (nSPS) is 12.7. The van der Waals surface area contributed by atoms with E-state index in [4.69, 9.17) is 11.6 Å². The van der Waals surface area contributed by atoms with E-state index < -0.39 is 22.7 Å². The number of sulfonamides is 1. The first-order chi connectivity index (χ1) is 8.65. The molecular formula is C10H12ClF3N2O2S. The summed E-state index contributed by atoms with van der Waals surface area (Å²) >= 11 is 5.84. The lowest BCUT2D eigenvalue weighted by Gasteiger charge is -2.11. The number of rotatable bonds is 5. The summed E-state index contributed by atoms with van der Waals surface area (Å²) in [5.74, 6) is 0. The Labute approximate surface area is 114 Å². The molecule has 0 atom stereocenters. The molecule has 1 aromatic rings. The van der Waals surface area contributed by atoms with Crippen LogP contribution < -0.4 is 10.0 Å². The van der Waals surface area contributed by atoms with Gasteiger partial charge in [-0.05, 0) is 30.8 Å². The summed E-state index contributed by atoms with van der Waals surface area (Å²) in [6.07, 6.45) is -4.60. The van der Waals surface area contributed by atoms with Crippen molar-refractivity contribution in [3.8, 4) is 0 Å². The molecule has 1 aromatic carbocycles. The zero-order valence-corrected chi connectivity index (χ0v) is 11.5. The van der Waals surface area contributed by atoms with Crippen molar-refractivity contribution in [3.05, 3.63) is 28.8 Å². The van der Waals surface area contributed by atoms with Gasteiger partial charge in [0, 0.05) is 11.6 Å². The van der Waals surface area contributed by atoms with E-state index in [1.165, 1.54) is 16.9 Å². The number of hydrogen-bond donors (Lipinski definition) is 2. The van der Waals surface area contributed by atoms with E-state index in [1.807, 2.05) is 0 Å². The number of hydrogen-bond acceptors (Lipinski definition) is 3. The van der Waals surface area contributed by atoms with Gasteiger partial charge in [-0.3, -0.25) is 0 Å². The maximum absolute atomic E-state index is 12.0. The van der Waals surface area contributed by atoms with E-state index in [2.05, 4.69) is 5.32 Å². The van der Waals surface area contributed by atoms with Gasteiger partial charge in [-0.25, -0.2) is 13.1 Å². The molecule has 9 heteroatoms. The van der Waals surface area contributed by atoms with Gasteiger partial charge in [-0.2, -0.15) is 13.2 Å². The lowest BCUT2D eigenvalue weighted by atomic mass is 10.2. The maximum Gasteiger partial charge on any atom is 0.402 e. The van der Waals surface area contributed by atoms with Gasteiger partial charge < -0.3 is 5.32 Å². The zero-order valence-electron chi connectivity index (χ0n) is 9.88. The maximum atomic E-state index is 12.0. The van der Waals surface area contributed by atoms with Gasteiger partial charge in [-0.1, -0.05) is 11.6 Å². The predicted molar refractivity (Wildman–Crippen MR) is 65.5 cm³/mol. The van der Waals surface area contributed by atoms with Crippen molar-refractivity contribution in [2.45, 2.75) is 17.6 Å². The summed E-state index contributed by atoms with van der Waals surface area (Å²) in [6.45, 7) is -1.30. The molecular weight excluding hydrogens is 305 g/mol. The molecule has 2 N–H and O–H groups in total. The van der Waals surface area contributed by atoms with Crippen LogP contribution in [0.3, 0.4) is 0 Å². The van der Waals surface area contributed by atoms with Crippen LogP contribution in [0, 0.1) is 0 Å². The van der Waals surface area contributed by atoms with Crippen LogP contribution in [0.5, 0.6) is 0 Å². The standard InChI is InChI=1S/C10H12ClF3N2O2S/c1-15-5-7-4-8(2-3-9(7)11)19(17,18)16-6-10(12,13)14/h2-4,15-16H,5-6H2,1H3. The van der Waals surface area contributed by atoms with Crippen molar-refractivity contribution in [1.82, 2.24) is 10.0 Å². The van der Waals surface area contributed by atoms with Crippen molar-refractivity contribution in [2.75, 3.05) is 13.6 Å². The molecule has 0 unspecified atom stereocenters. The lowest BCUT2D eigenvalue weighted by Crippen LogP contribution is -2.33. The van der Waals surface area contributed by atoms with Crippen LogP contribution in [0.1, 0.15) is 5.56 Å². The van der Waals surface area contributed by atoms with Gasteiger partial charge in [0.1, 0.15) is 6.54 Å². The second-order valence-corrected chi connectivity index (χ2v) is 5.90. The average Bonchev–Trinajstić information content (AvgIpc) is 2.29. The van der Waals surface area contributed by atoms with Crippen LogP contribution in [0.25, 0.3) is 0 Å². The van der Waals surface area contributed by atoms with E-state index >= 15 is 0 Å². The third kappa shape index (κ3) is 4.98. The van der Waals surface area contributed by atoms with Crippen LogP contribution in [0.2, 0.25) is 5.02 Å². The highest BCUT2D eigenvalue weighted by atomic mass is 35.5. The average molecular weight is 317 g/mol. The third-order valence-electron chi connectivity index (χ3n) is 2.16. The van der Waals surface area contributed by atoms with Crippen LogP contribution in [-0.4, -0.2) is 28.2 Å². The second kappa shape index (κ2) is 6.08. The summed E-state index contributed by atoms with van der Waals surface area (Å²) in [6, 6.07) is 3.72. The molecule has 0 amide bonds. The third-order valence-corrected chi connectivity index (χ3v) is 3.92. The van der Waals surface area contributed by atoms with Gasteiger partial charge >= 0.3 is 6.18 Å². The summed E-state index contributed by atoms with van der Waals surface area (Å²) in [5, 5.41) is 3.12. The van der Waals surface area contributed by atoms with Gasteiger partial charge in [-0.15, -0.1) is 0 Å². The zero-order chi connectivity index (χ0) is 14.7. The fraction of sp³-hybridized carbons (Fsp3) is 0.400. The van der Waals surface area contributed by atoms with Crippen LogP contribution >= 0.6 is 11.6 Å². The lowest BCUT2D eigenvalue weighted by molar-refractivity contribution is -0.121. The molecule has 0 radical (unpaired) electrons. The summed E-state index contributed by atoms with van der Waals surface area (Å²) in [5.41, 5.74) is 0.485.